The van der Waals surface area contributed by atoms with Crippen molar-refractivity contribution in [1.29, 1.82) is 0 Å². The summed E-state index contributed by atoms with van der Waals surface area (Å²) in [5.74, 6) is -0.291. The van der Waals surface area contributed by atoms with Crippen LogP contribution >= 0.6 is 11.3 Å². The zero-order valence-corrected chi connectivity index (χ0v) is 12.2. The SMILES string of the molecule is COC(=O)C(C)(C)c1csc(-c2ccc(C)cn2)n1. The maximum atomic E-state index is 11.8. The molecule has 0 unspecified atom stereocenters. The van der Waals surface area contributed by atoms with Gasteiger partial charge in [-0.1, -0.05) is 6.07 Å². The first kappa shape index (κ1) is 13.7. The minimum absolute atomic E-state index is 0.291. The summed E-state index contributed by atoms with van der Waals surface area (Å²) in [7, 11) is 1.39. The molecule has 100 valence electrons. The highest BCUT2D eigenvalue weighted by Gasteiger charge is 2.33. The van der Waals surface area contributed by atoms with Crippen LogP contribution in [0.4, 0.5) is 0 Å². The van der Waals surface area contributed by atoms with Gasteiger partial charge in [-0.05, 0) is 32.4 Å². The number of thiazole rings is 1. The third kappa shape index (κ3) is 2.66. The Kier molecular flexibility index (Phi) is 3.66. The fraction of sp³-hybridized carbons (Fsp3) is 0.357. The summed E-state index contributed by atoms with van der Waals surface area (Å²) in [6.07, 6.45) is 1.81. The molecule has 0 fully saturated rings. The van der Waals surface area contributed by atoms with Crippen molar-refractivity contribution < 1.29 is 9.53 Å². The quantitative estimate of drug-likeness (QED) is 0.809. The second kappa shape index (κ2) is 5.09. The number of hydrogen-bond acceptors (Lipinski definition) is 5. The number of pyridine rings is 1. The molecule has 0 radical (unpaired) electrons. The zero-order chi connectivity index (χ0) is 14.0. The van der Waals surface area contributed by atoms with E-state index in [9.17, 15) is 4.79 Å². The molecule has 2 aromatic heterocycles. The fourth-order valence-corrected chi connectivity index (χ4v) is 2.60. The van der Waals surface area contributed by atoms with Gasteiger partial charge in [-0.3, -0.25) is 9.78 Å². The standard InChI is InChI=1S/C14H16N2O2S/c1-9-5-6-10(15-7-9)12-16-11(8-19-12)14(2,3)13(17)18-4/h5-8H,1-4H3. The van der Waals surface area contributed by atoms with Crippen LogP contribution in [0.2, 0.25) is 0 Å². The van der Waals surface area contributed by atoms with Crippen molar-refractivity contribution in [3.05, 3.63) is 35.0 Å². The van der Waals surface area contributed by atoms with Crippen LogP contribution in [0.5, 0.6) is 0 Å². The number of carbonyl (C=O) groups is 1. The second-order valence-corrected chi connectivity index (χ2v) is 5.73. The molecule has 2 rings (SSSR count). The molecule has 19 heavy (non-hydrogen) atoms. The summed E-state index contributed by atoms with van der Waals surface area (Å²) < 4.78 is 4.81. The monoisotopic (exact) mass is 276 g/mol. The topological polar surface area (TPSA) is 52.1 Å². The predicted octanol–water partition coefficient (Wildman–Crippen LogP) is 2.96. The van der Waals surface area contributed by atoms with E-state index >= 15 is 0 Å². The third-order valence-corrected chi connectivity index (χ3v) is 3.84. The molecule has 0 bridgehead atoms. The van der Waals surface area contributed by atoms with Crippen molar-refractivity contribution in [2.24, 2.45) is 0 Å². The van der Waals surface area contributed by atoms with Crippen molar-refractivity contribution in [2.45, 2.75) is 26.2 Å². The number of hydrogen-bond donors (Lipinski definition) is 0. The third-order valence-electron chi connectivity index (χ3n) is 2.97. The van der Waals surface area contributed by atoms with E-state index in [0.29, 0.717) is 5.69 Å². The Morgan fingerprint density at radius 3 is 2.68 bits per heavy atom. The molecule has 2 heterocycles. The summed E-state index contributed by atoms with van der Waals surface area (Å²) in [6, 6.07) is 3.93. The molecule has 2 aromatic rings. The van der Waals surface area contributed by atoms with Gasteiger partial charge in [-0.2, -0.15) is 0 Å². The van der Waals surface area contributed by atoms with Crippen molar-refractivity contribution in [3.63, 3.8) is 0 Å². The van der Waals surface area contributed by atoms with Crippen molar-refractivity contribution in [1.82, 2.24) is 9.97 Å². The number of nitrogens with zero attached hydrogens (tertiary/aromatic N) is 2. The van der Waals surface area contributed by atoms with E-state index in [0.717, 1.165) is 16.3 Å². The smallest absolute Gasteiger partial charge is 0.317 e. The minimum Gasteiger partial charge on any atom is -0.468 e. The number of aromatic nitrogens is 2. The Bertz CT molecular complexity index is 588. The Hall–Kier alpha value is -1.75. The first-order valence-electron chi connectivity index (χ1n) is 5.92. The zero-order valence-electron chi connectivity index (χ0n) is 11.4. The second-order valence-electron chi connectivity index (χ2n) is 4.88. The van der Waals surface area contributed by atoms with E-state index in [4.69, 9.17) is 4.74 Å². The summed E-state index contributed by atoms with van der Waals surface area (Å²) in [6.45, 7) is 5.60. The first-order chi connectivity index (χ1) is 8.95. The molecule has 0 atom stereocenters. The Labute approximate surface area is 116 Å². The van der Waals surface area contributed by atoms with Crippen LogP contribution in [0.15, 0.2) is 23.7 Å². The normalized spacial score (nSPS) is 11.4. The molecule has 0 aliphatic heterocycles. The van der Waals surface area contributed by atoms with E-state index in [1.165, 1.54) is 18.4 Å². The van der Waals surface area contributed by atoms with Gasteiger partial charge < -0.3 is 4.74 Å². The first-order valence-corrected chi connectivity index (χ1v) is 6.80. The lowest BCUT2D eigenvalue weighted by Crippen LogP contribution is -2.30. The van der Waals surface area contributed by atoms with Crippen molar-refractivity contribution >= 4 is 17.3 Å². The highest BCUT2D eigenvalue weighted by atomic mass is 32.1. The molecule has 0 amide bonds. The van der Waals surface area contributed by atoms with Crippen LogP contribution in [-0.2, 0) is 14.9 Å². The summed E-state index contributed by atoms with van der Waals surface area (Å²) in [5.41, 5.74) is 1.90. The van der Waals surface area contributed by atoms with E-state index in [1.807, 2.05) is 30.6 Å². The molecule has 0 aromatic carbocycles. The van der Waals surface area contributed by atoms with Crippen LogP contribution in [0.1, 0.15) is 25.1 Å². The van der Waals surface area contributed by atoms with Gasteiger partial charge in [0.1, 0.15) is 10.4 Å². The maximum absolute atomic E-state index is 11.8. The van der Waals surface area contributed by atoms with Crippen molar-refractivity contribution in [3.8, 4) is 10.7 Å². The van der Waals surface area contributed by atoms with Crippen LogP contribution in [0, 0.1) is 6.92 Å². The van der Waals surface area contributed by atoms with Gasteiger partial charge in [0, 0.05) is 11.6 Å². The van der Waals surface area contributed by atoms with Crippen LogP contribution in [0.3, 0.4) is 0 Å². The lowest BCUT2D eigenvalue weighted by Gasteiger charge is -2.18. The van der Waals surface area contributed by atoms with E-state index in [-0.39, 0.29) is 5.97 Å². The number of methoxy groups -OCH3 is 1. The van der Waals surface area contributed by atoms with Gasteiger partial charge >= 0.3 is 5.97 Å². The lowest BCUT2D eigenvalue weighted by atomic mass is 9.90. The van der Waals surface area contributed by atoms with E-state index in [1.54, 1.807) is 13.8 Å². The fourth-order valence-electron chi connectivity index (χ4n) is 1.63. The van der Waals surface area contributed by atoms with Gasteiger partial charge in [0.2, 0.25) is 0 Å². The number of carbonyl (C=O) groups excluding carboxylic acids is 1. The van der Waals surface area contributed by atoms with E-state index < -0.39 is 5.41 Å². The average Bonchev–Trinajstić information content (AvgIpc) is 2.88. The molecule has 0 aliphatic rings. The van der Waals surface area contributed by atoms with E-state index in [2.05, 4.69) is 9.97 Å². The molecule has 4 nitrogen and oxygen atoms in total. The predicted molar refractivity (Wildman–Crippen MR) is 75.1 cm³/mol. The van der Waals surface area contributed by atoms with Gasteiger partial charge in [-0.25, -0.2) is 4.98 Å². The van der Waals surface area contributed by atoms with Gasteiger partial charge in [0.25, 0.3) is 0 Å². The molecular weight excluding hydrogens is 260 g/mol. The molecule has 0 N–H and O–H groups in total. The number of ether oxygens (including phenoxy) is 1. The largest absolute Gasteiger partial charge is 0.468 e. The number of aryl methyl sites for hydroxylation is 1. The minimum atomic E-state index is -0.742. The summed E-state index contributed by atoms with van der Waals surface area (Å²) in [5, 5.41) is 2.69. The van der Waals surface area contributed by atoms with Gasteiger partial charge in [0.05, 0.1) is 18.5 Å². The molecule has 0 saturated heterocycles. The van der Waals surface area contributed by atoms with Crippen LogP contribution in [-0.4, -0.2) is 23.0 Å². The Balaban J connectivity index is 2.34. The molecule has 5 heteroatoms. The summed E-state index contributed by atoms with van der Waals surface area (Å²) >= 11 is 1.48. The van der Waals surface area contributed by atoms with Gasteiger partial charge in [-0.15, -0.1) is 11.3 Å². The molecule has 0 spiro atoms. The Morgan fingerprint density at radius 2 is 2.11 bits per heavy atom. The van der Waals surface area contributed by atoms with Crippen molar-refractivity contribution in [2.75, 3.05) is 7.11 Å². The number of rotatable bonds is 3. The summed E-state index contributed by atoms with van der Waals surface area (Å²) in [4.78, 5) is 20.6. The Morgan fingerprint density at radius 1 is 1.37 bits per heavy atom. The highest BCUT2D eigenvalue weighted by Crippen LogP contribution is 2.30. The molecular formula is C14H16N2O2S. The highest BCUT2D eigenvalue weighted by molar-refractivity contribution is 7.13. The molecule has 0 saturated carbocycles. The van der Waals surface area contributed by atoms with Crippen LogP contribution in [0.25, 0.3) is 10.7 Å². The average molecular weight is 276 g/mol. The lowest BCUT2D eigenvalue weighted by molar-refractivity contribution is -0.146. The van der Waals surface area contributed by atoms with Crippen LogP contribution < -0.4 is 0 Å². The van der Waals surface area contributed by atoms with Gasteiger partial charge in [0.15, 0.2) is 0 Å². The maximum Gasteiger partial charge on any atom is 0.317 e. The number of esters is 1. The molecule has 0 aliphatic carbocycles.